The second-order valence-electron chi connectivity index (χ2n) is 5.39. The highest BCUT2D eigenvalue weighted by Crippen LogP contribution is 2.22. The van der Waals surface area contributed by atoms with Gasteiger partial charge in [-0.25, -0.2) is 25.9 Å². The predicted molar refractivity (Wildman–Crippen MR) is 85.8 cm³/mol. The molecule has 9 heteroatoms. The highest BCUT2D eigenvalue weighted by Gasteiger charge is 2.26. The van der Waals surface area contributed by atoms with Gasteiger partial charge in [0.25, 0.3) is 0 Å². The predicted octanol–water partition coefficient (Wildman–Crippen LogP) is 1.29. The van der Waals surface area contributed by atoms with Crippen LogP contribution in [0.3, 0.4) is 0 Å². The molecule has 1 aromatic carbocycles. The van der Waals surface area contributed by atoms with E-state index < -0.39 is 20.0 Å². The number of halogens is 1. The lowest BCUT2D eigenvalue weighted by atomic mass is 9.99. The van der Waals surface area contributed by atoms with E-state index in [0.29, 0.717) is 25.9 Å². The molecule has 22 heavy (non-hydrogen) atoms. The third-order valence-electron chi connectivity index (χ3n) is 3.73. The summed E-state index contributed by atoms with van der Waals surface area (Å²) >= 11 is 5.91. The van der Waals surface area contributed by atoms with Crippen molar-refractivity contribution in [1.29, 1.82) is 0 Å². The summed E-state index contributed by atoms with van der Waals surface area (Å²) < 4.78 is 51.3. The van der Waals surface area contributed by atoms with E-state index in [-0.39, 0.29) is 22.4 Å². The molecule has 1 N–H and O–H groups in total. The van der Waals surface area contributed by atoms with Crippen LogP contribution in [0.2, 0.25) is 5.02 Å². The molecule has 1 fully saturated rings. The Morgan fingerprint density at radius 3 is 2.32 bits per heavy atom. The maximum atomic E-state index is 12.2. The van der Waals surface area contributed by atoms with Gasteiger partial charge in [-0.15, -0.1) is 0 Å². The molecular formula is C13H19ClN2O4S2. The standard InChI is InChI=1S/C13H19ClN2O4S2/c1-21(17,18)16-8-6-11(7-9-16)10-15-22(19,20)13-5-3-2-4-12(13)14/h2-5,11,15H,6-10H2,1H3. The smallest absolute Gasteiger partial charge is 0.213 e. The van der Waals surface area contributed by atoms with Crippen molar-refractivity contribution in [3.63, 3.8) is 0 Å². The van der Waals surface area contributed by atoms with Crippen molar-refractivity contribution in [3.05, 3.63) is 29.3 Å². The topological polar surface area (TPSA) is 83.6 Å². The molecule has 0 amide bonds. The molecule has 0 atom stereocenters. The molecule has 0 aromatic heterocycles. The van der Waals surface area contributed by atoms with Gasteiger partial charge < -0.3 is 0 Å². The molecule has 1 heterocycles. The molecule has 2 rings (SSSR count). The second-order valence-corrected chi connectivity index (χ2v) is 9.51. The van der Waals surface area contributed by atoms with Crippen molar-refractivity contribution >= 4 is 31.6 Å². The zero-order valence-electron chi connectivity index (χ0n) is 12.2. The monoisotopic (exact) mass is 366 g/mol. The van der Waals surface area contributed by atoms with Gasteiger partial charge in [0.1, 0.15) is 4.90 Å². The van der Waals surface area contributed by atoms with Crippen LogP contribution in [0.5, 0.6) is 0 Å². The van der Waals surface area contributed by atoms with Crippen LogP contribution in [0, 0.1) is 5.92 Å². The van der Waals surface area contributed by atoms with E-state index in [1.807, 2.05) is 0 Å². The van der Waals surface area contributed by atoms with E-state index in [2.05, 4.69) is 4.72 Å². The van der Waals surface area contributed by atoms with Gasteiger partial charge in [-0.2, -0.15) is 0 Å². The quantitative estimate of drug-likeness (QED) is 0.851. The average Bonchev–Trinajstić information content (AvgIpc) is 2.45. The van der Waals surface area contributed by atoms with E-state index in [4.69, 9.17) is 11.6 Å². The zero-order valence-corrected chi connectivity index (χ0v) is 14.6. The Labute approximate surface area is 136 Å². The van der Waals surface area contributed by atoms with Crippen LogP contribution in [0.4, 0.5) is 0 Å². The molecule has 0 spiro atoms. The van der Waals surface area contributed by atoms with Crippen LogP contribution in [-0.4, -0.2) is 47.0 Å². The lowest BCUT2D eigenvalue weighted by Gasteiger charge is -2.30. The fourth-order valence-corrected chi connectivity index (χ4v) is 4.92. The third kappa shape index (κ3) is 4.42. The van der Waals surface area contributed by atoms with Gasteiger partial charge in [0.05, 0.1) is 11.3 Å². The Bertz CT molecular complexity index is 726. The summed E-state index contributed by atoms with van der Waals surface area (Å²) in [6, 6.07) is 6.27. The number of hydrogen-bond acceptors (Lipinski definition) is 4. The summed E-state index contributed by atoms with van der Waals surface area (Å²) in [6.45, 7) is 1.14. The van der Waals surface area contributed by atoms with E-state index in [1.165, 1.54) is 22.7 Å². The Morgan fingerprint density at radius 1 is 1.18 bits per heavy atom. The van der Waals surface area contributed by atoms with Crippen LogP contribution in [0.25, 0.3) is 0 Å². The molecule has 1 aliphatic rings. The van der Waals surface area contributed by atoms with Crippen molar-refractivity contribution in [2.45, 2.75) is 17.7 Å². The number of benzene rings is 1. The van der Waals surface area contributed by atoms with Crippen molar-refractivity contribution in [2.75, 3.05) is 25.9 Å². The fourth-order valence-electron chi connectivity index (χ4n) is 2.41. The van der Waals surface area contributed by atoms with Crippen molar-refractivity contribution in [2.24, 2.45) is 5.92 Å². The maximum Gasteiger partial charge on any atom is 0.242 e. The second kappa shape index (κ2) is 6.84. The van der Waals surface area contributed by atoms with Crippen LogP contribution in [0.1, 0.15) is 12.8 Å². The van der Waals surface area contributed by atoms with Gasteiger partial charge in [0, 0.05) is 19.6 Å². The number of piperidine rings is 1. The number of nitrogens with one attached hydrogen (secondary N) is 1. The van der Waals surface area contributed by atoms with Gasteiger partial charge >= 0.3 is 0 Å². The van der Waals surface area contributed by atoms with E-state index >= 15 is 0 Å². The first kappa shape index (κ1) is 17.7. The zero-order chi connectivity index (χ0) is 16.4. The minimum atomic E-state index is -3.65. The summed E-state index contributed by atoms with van der Waals surface area (Å²) in [5.41, 5.74) is 0. The Morgan fingerprint density at radius 2 is 1.77 bits per heavy atom. The molecule has 6 nitrogen and oxygen atoms in total. The van der Waals surface area contributed by atoms with Gasteiger partial charge in [0.15, 0.2) is 0 Å². The summed E-state index contributed by atoms with van der Waals surface area (Å²) in [7, 11) is -6.81. The molecule has 124 valence electrons. The van der Waals surface area contributed by atoms with E-state index in [1.54, 1.807) is 12.1 Å². The molecule has 0 unspecified atom stereocenters. The number of hydrogen-bond donors (Lipinski definition) is 1. The van der Waals surface area contributed by atoms with E-state index in [9.17, 15) is 16.8 Å². The van der Waals surface area contributed by atoms with Crippen LogP contribution in [0.15, 0.2) is 29.2 Å². The molecule has 1 aliphatic heterocycles. The highest BCUT2D eigenvalue weighted by molar-refractivity contribution is 7.89. The number of nitrogens with zero attached hydrogens (tertiary/aromatic N) is 1. The normalized spacial score (nSPS) is 18.5. The summed E-state index contributed by atoms with van der Waals surface area (Å²) in [4.78, 5) is 0.0604. The van der Waals surface area contributed by atoms with Crippen molar-refractivity contribution in [1.82, 2.24) is 9.03 Å². The Kier molecular flexibility index (Phi) is 5.50. The van der Waals surface area contributed by atoms with Crippen LogP contribution >= 0.6 is 11.6 Å². The first-order valence-electron chi connectivity index (χ1n) is 6.89. The minimum Gasteiger partial charge on any atom is -0.213 e. The SMILES string of the molecule is CS(=O)(=O)N1CCC(CNS(=O)(=O)c2ccccc2Cl)CC1. The molecular weight excluding hydrogens is 348 g/mol. The minimum absolute atomic E-state index is 0.0604. The molecule has 1 saturated heterocycles. The molecule has 0 aliphatic carbocycles. The first-order valence-corrected chi connectivity index (χ1v) is 10.6. The van der Waals surface area contributed by atoms with Gasteiger partial charge in [0.2, 0.25) is 20.0 Å². The Hall–Kier alpha value is -0.670. The number of rotatable bonds is 5. The number of sulfonamides is 2. The average molecular weight is 367 g/mol. The first-order chi connectivity index (χ1) is 10.2. The summed E-state index contributed by atoms with van der Waals surface area (Å²) in [5.74, 6) is 0.121. The van der Waals surface area contributed by atoms with Crippen LogP contribution < -0.4 is 4.72 Å². The van der Waals surface area contributed by atoms with Gasteiger partial charge in [-0.05, 0) is 30.9 Å². The third-order valence-corrected chi connectivity index (χ3v) is 6.96. The maximum absolute atomic E-state index is 12.2. The highest BCUT2D eigenvalue weighted by atomic mass is 35.5. The van der Waals surface area contributed by atoms with Crippen molar-refractivity contribution < 1.29 is 16.8 Å². The summed E-state index contributed by atoms with van der Waals surface area (Å²) in [6.07, 6.45) is 2.46. The van der Waals surface area contributed by atoms with Crippen LogP contribution in [-0.2, 0) is 20.0 Å². The van der Waals surface area contributed by atoms with Gasteiger partial charge in [-0.3, -0.25) is 0 Å². The molecule has 0 saturated carbocycles. The molecule has 0 bridgehead atoms. The fraction of sp³-hybridized carbons (Fsp3) is 0.538. The molecule has 0 radical (unpaired) electrons. The largest absolute Gasteiger partial charge is 0.242 e. The van der Waals surface area contributed by atoms with Crippen molar-refractivity contribution in [3.8, 4) is 0 Å². The molecule has 1 aromatic rings. The van der Waals surface area contributed by atoms with Gasteiger partial charge in [-0.1, -0.05) is 23.7 Å². The lowest BCUT2D eigenvalue weighted by molar-refractivity contribution is 0.275. The van der Waals surface area contributed by atoms with E-state index in [0.717, 1.165) is 0 Å². The lowest BCUT2D eigenvalue weighted by Crippen LogP contribution is -2.41. The summed E-state index contributed by atoms with van der Waals surface area (Å²) in [5, 5.41) is 0.182. The Balaban J connectivity index is 1.93.